The molecule has 194 valence electrons. The van der Waals surface area contributed by atoms with E-state index in [4.69, 9.17) is 18.9 Å². The number of allylic oxidation sites excluding steroid dienone is 1. The van der Waals surface area contributed by atoms with E-state index in [1.165, 1.54) is 19.9 Å². The lowest BCUT2D eigenvalue weighted by atomic mass is 9.62. The normalized spacial score (nSPS) is 26.0. The van der Waals surface area contributed by atoms with Crippen LogP contribution in [0.25, 0.3) is 0 Å². The van der Waals surface area contributed by atoms with Gasteiger partial charge in [0, 0.05) is 20.3 Å². The van der Waals surface area contributed by atoms with E-state index in [9.17, 15) is 14.7 Å². The molecule has 35 heavy (non-hydrogen) atoms. The molecule has 7 heteroatoms. The third-order valence-electron chi connectivity index (χ3n) is 6.71. The van der Waals surface area contributed by atoms with Crippen LogP contribution in [-0.4, -0.2) is 53.9 Å². The minimum absolute atomic E-state index is 0.107. The monoisotopic (exact) mass is 488 g/mol. The highest BCUT2D eigenvalue weighted by Gasteiger charge is 2.44. The Morgan fingerprint density at radius 1 is 1.20 bits per heavy atom. The fourth-order valence-electron chi connectivity index (χ4n) is 5.00. The summed E-state index contributed by atoms with van der Waals surface area (Å²) in [5, 5.41) is 10.6. The van der Waals surface area contributed by atoms with Crippen LogP contribution in [-0.2, 0) is 28.5 Å². The second-order valence-electron chi connectivity index (χ2n) is 10.4. The highest BCUT2D eigenvalue weighted by Crippen LogP contribution is 2.48. The number of ether oxygens (including phenoxy) is 4. The summed E-state index contributed by atoms with van der Waals surface area (Å²) in [5.41, 5.74) is 2.14. The molecule has 0 bridgehead atoms. The molecule has 1 N–H and O–H groups in total. The maximum absolute atomic E-state index is 12.0. The van der Waals surface area contributed by atoms with Crippen LogP contribution in [0.4, 0.5) is 0 Å². The molecule has 0 saturated carbocycles. The number of hydrogen-bond donors (Lipinski definition) is 1. The lowest BCUT2D eigenvalue weighted by Gasteiger charge is -2.44. The molecule has 2 rings (SSSR count). The van der Waals surface area contributed by atoms with Gasteiger partial charge in [-0.05, 0) is 56.1 Å². The molecule has 0 aromatic carbocycles. The van der Waals surface area contributed by atoms with Crippen LogP contribution in [0.1, 0.15) is 67.7 Å². The Bertz CT molecular complexity index is 931. The van der Waals surface area contributed by atoms with Crippen LogP contribution < -0.4 is 0 Å². The Morgan fingerprint density at radius 2 is 1.83 bits per heavy atom. The molecule has 1 fully saturated rings. The third-order valence-corrected chi connectivity index (χ3v) is 6.71. The molecular formula is C28H40O7. The van der Waals surface area contributed by atoms with Gasteiger partial charge in [0.05, 0.1) is 18.8 Å². The molecule has 0 radical (unpaired) electrons. The minimum atomic E-state index is -0.851. The van der Waals surface area contributed by atoms with Gasteiger partial charge in [-0.3, -0.25) is 9.59 Å². The van der Waals surface area contributed by atoms with Crippen molar-refractivity contribution in [2.45, 2.75) is 97.9 Å². The van der Waals surface area contributed by atoms with Gasteiger partial charge in [-0.25, -0.2) is 0 Å². The molecular weight excluding hydrogens is 448 g/mol. The number of carbonyl (C=O) groups is 2. The van der Waals surface area contributed by atoms with Crippen LogP contribution in [0, 0.1) is 23.2 Å². The molecule has 1 aliphatic carbocycles. The molecule has 0 aromatic heterocycles. The summed E-state index contributed by atoms with van der Waals surface area (Å²) in [7, 11) is 0. The summed E-state index contributed by atoms with van der Waals surface area (Å²) in [6, 6.07) is 0. The molecule has 1 aliphatic heterocycles. The van der Waals surface area contributed by atoms with Crippen molar-refractivity contribution in [1.29, 1.82) is 0 Å². The van der Waals surface area contributed by atoms with Crippen molar-refractivity contribution in [3.63, 3.8) is 0 Å². The predicted octanol–water partition coefficient (Wildman–Crippen LogP) is 4.25. The van der Waals surface area contributed by atoms with Crippen molar-refractivity contribution in [2.24, 2.45) is 11.3 Å². The van der Waals surface area contributed by atoms with Gasteiger partial charge in [-0.15, -0.1) is 6.58 Å². The van der Waals surface area contributed by atoms with Gasteiger partial charge in [0.1, 0.15) is 0 Å². The van der Waals surface area contributed by atoms with Crippen molar-refractivity contribution in [3.8, 4) is 11.8 Å². The van der Waals surface area contributed by atoms with Gasteiger partial charge < -0.3 is 24.1 Å². The molecule has 7 nitrogen and oxygen atoms in total. The number of esters is 2. The predicted molar refractivity (Wildman–Crippen MR) is 133 cm³/mol. The first-order valence-corrected chi connectivity index (χ1v) is 12.0. The molecule has 0 aromatic rings. The average molecular weight is 489 g/mol. The Labute approximate surface area is 209 Å². The summed E-state index contributed by atoms with van der Waals surface area (Å²) in [6.45, 7) is 20.4. The SMILES string of the molecule is C=C[C@H](O)[C@@H]1CCC(C)=C([C@H](C#C[C@H](C[C@@H]2OC(C)(C)OCC2=C)OC(C)=O)OC(C)=O)C1(C)C. The number of rotatable bonds is 7. The molecule has 1 heterocycles. The number of aliphatic hydroxyl groups excluding tert-OH is 1. The first-order valence-electron chi connectivity index (χ1n) is 12.0. The van der Waals surface area contributed by atoms with Gasteiger partial charge in [-0.2, -0.15) is 0 Å². The quantitative estimate of drug-likeness (QED) is 0.325. The van der Waals surface area contributed by atoms with Gasteiger partial charge >= 0.3 is 11.9 Å². The zero-order valence-electron chi connectivity index (χ0n) is 22.1. The molecule has 0 unspecified atom stereocenters. The van der Waals surface area contributed by atoms with Crippen LogP contribution in [0.3, 0.4) is 0 Å². The van der Waals surface area contributed by atoms with Crippen LogP contribution in [0.5, 0.6) is 0 Å². The van der Waals surface area contributed by atoms with E-state index in [1.54, 1.807) is 0 Å². The summed E-state index contributed by atoms with van der Waals surface area (Å²) >= 11 is 0. The lowest BCUT2D eigenvalue weighted by molar-refractivity contribution is -0.254. The van der Waals surface area contributed by atoms with Gasteiger partial charge in [0.25, 0.3) is 0 Å². The Balaban J connectivity index is 2.42. The second kappa shape index (κ2) is 11.6. The van der Waals surface area contributed by atoms with Crippen LogP contribution >= 0.6 is 0 Å². The first kappa shape index (κ1) is 28.8. The minimum Gasteiger partial charge on any atom is -0.449 e. The van der Waals surface area contributed by atoms with Crippen molar-refractivity contribution in [1.82, 2.24) is 0 Å². The Morgan fingerprint density at radius 3 is 2.40 bits per heavy atom. The standard InChI is InChI=1S/C28H40O7/c1-10-23(31)22-13-11-17(2)26(27(22,6)7)24(34-20(5)30)14-12-21(33-19(4)29)15-25-18(3)16-32-28(8,9)35-25/h10,21-25,31H,1,3,11,13,15-16H2,2,4-9H3/t21-,22+,23+,24+,25+/m1/s1. The fourth-order valence-corrected chi connectivity index (χ4v) is 5.00. The van der Waals surface area contributed by atoms with E-state index >= 15 is 0 Å². The summed E-state index contributed by atoms with van der Waals surface area (Å²) < 4.78 is 22.7. The molecule has 0 spiro atoms. The largest absolute Gasteiger partial charge is 0.449 e. The average Bonchev–Trinajstić information content (AvgIpc) is 2.72. The van der Waals surface area contributed by atoms with Crippen LogP contribution in [0.2, 0.25) is 0 Å². The zero-order valence-corrected chi connectivity index (χ0v) is 22.1. The van der Waals surface area contributed by atoms with E-state index in [1.807, 2.05) is 34.6 Å². The second-order valence-corrected chi connectivity index (χ2v) is 10.4. The van der Waals surface area contributed by atoms with Crippen molar-refractivity contribution < 1.29 is 33.6 Å². The topological polar surface area (TPSA) is 91.3 Å². The van der Waals surface area contributed by atoms with E-state index in [-0.39, 0.29) is 12.3 Å². The summed E-state index contributed by atoms with van der Waals surface area (Å²) in [5.74, 6) is 4.22. The Hall–Kier alpha value is -2.40. The van der Waals surface area contributed by atoms with E-state index in [0.29, 0.717) is 6.61 Å². The number of aliphatic hydroxyl groups is 1. The molecule has 0 amide bonds. The third kappa shape index (κ3) is 7.54. The lowest BCUT2D eigenvalue weighted by Crippen LogP contribution is -2.43. The molecule has 1 saturated heterocycles. The van der Waals surface area contributed by atoms with E-state index < -0.39 is 47.6 Å². The highest BCUT2D eigenvalue weighted by molar-refractivity contribution is 5.67. The summed E-state index contributed by atoms with van der Waals surface area (Å²) in [6.07, 6.45) is 0.563. The van der Waals surface area contributed by atoms with Gasteiger partial charge in [0.15, 0.2) is 18.0 Å². The van der Waals surface area contributed by atoms with Crippen molar-refractivity contribution in [2.75, 3.05) is 6.61 Å². The van der Waals surface area contributed by atoms with Gasteiger partial charge in [-0.1, -0.05) is 43.9 Å². The maximum atomic E-state index is 12.0. The maximum Gasteiger partial charge on any atom is 0.304 e. The van der Waals surface area contributed by atoms with Gasteiger partial charge in [0.2, 0.25) is 0 Å². The fraction of sp³-hybridized carbons (Fsp3) is 0.643. The van der Waals surface area contributed by atoms with Crippen molar-refractivity contribution in [3.05, 3.63) is 36.0 Å². The van der Waals surface area contributed by atoms with Crippen LogP contribution in [0.15, 0.2) is 36.0 Å². The number of hydrogen-bond acceptors (Lipinski definition) is 7. The highest BCUT2D eigenvalue weighted by atomic mass is 16.7. The zero-order chi connectivity index (χ0) is 26.6. The van der Waals surface area contributed by atoms with E-state index in [0.717, 1.165) is 29.6 Å². The molecule has 2 aliphatic rings. The summed E-state index contributed by atoms with van der Waals surface area (Å²) in [4.78, 5) is 23.9. The number of carbonyl (C=O) groups excluding carboxylic acids is 2. The van der Waals surface area contributed by atoms with E-state index in [2.05, 4.69) is 25.0 Å². The smallest absolute Gasteiger partial charge is 0.304 e. The molecule has 5 atom stereocenters. The Kier molecular flexibility index (Phi) is 9.52. The van der Waals surface area contributed by atoms with Crippen molar-refractivity contribution >= 4 is 11.9 Å². The first-order chi connectivity index (χ1) is 16.2.